The molecular weight excluding hydrogens is 220 g/mol. The van der Waals surface area contributed by atoms with Gasteiger partial charge in [-0.15, -0.1) is 0 Å². The Morgan fingerprint density at radius 3 is 2.29 bits per heavy atom. The van der Waals surface area contributed by atoms with Gasteiger partial charge < -0.3 is 0 Å². The maximum atomic E-state index is 2.51. The van der Waals surface area contributed by atoms with Gasteiger partial charge in [0.1, 0.15) is 0 Å². The normalized spacial score (nSPS) is 20.4. The third-order valence-corrected chi connectivity index (χ3v) is 12.0. The van der Waals surface area contributed by atoms with Gasteiger partial charge in [-0.2, -0.15) is 0 Å². The van der Waals surface area contributed by atoms with Crippen LogP contribution in [-0.4, -0.2) is 8.07 Å². The molecule has 0 radical (unpaired) electrons. The third kappa shape index (κ3) is 1.35. The molecule has 1 aliphatic carbocycles. The summed E-state index contributed by atoms with van der Waals surface area (Å²) in [5.74, 6) is 0. The number of rotatable bonds is 2. The minimum absolute atomic E-state index is 0.898. The minimum Gasteiger partial charge on any atom is -0.0648 e. The number of hydrogen-bond acceptors (Lipinski definition) is 0. The summed E-state index contributed by atoms with van der Waals surface area (Å²) in [5.41, 5.74) is 7.00. The van der Waals surface area contributed by atoms with Gasteiger partial charge in [0.05, 0.1) is 8.07 Å². The molecule has 0 bridgehead atoms. The highest BCUT2D eigenvalue weighted by atomic mass is 28.3. The molecule has 0 N–H and O–H groups in total. The average molecular weight is 244 g/mol. The van der Waals surface area contributed by atoms with E-state index in [9.17, 15) is 0 Å². The largest absolute Gasteiger partial charge is 0.0963 e. The second kappa shape index (κ2) is 3.71. The van der Waals surface area contributed by atoms with E-state index in [4.69, 9.17) is 0 Å². The molecule has 0 saturated heterocycles. The predicted octanol–water partition coefficient (Wildman–Crippen LogP) is 3.75. The number of fused-ring (bicyclic) bond motifs is 3. The van der Waals surface area contributed by atoms with Gasteiger partial charge >= 0.3 is 0 Å². The summed E-state index contributed by atoms with van der Waals surface area (Å²) in [6, 6.07) is 6.43. The second-order valence-corrected chi connectivity index (χ2v) is 11.9. The van der Waals surface area contributed by atoms with E-state index in [1.807, 2.05) is 5.19 Å². The predicted molar refractivity (Wildman–Crippen MR) is 77.8 cm³/mol. The summed E-state index contributed by atoms with van der Waals surface area (Å²) >= 11 is 0. The molecule has 0 amide bonds. The fourth-order valence-corrected chi connectivity index (χ4v) is 9.82. The topological polar surface area (TPSA) is 0 Å². The Balaban J connectivity index is 2.11. The van der Waals surface area contributed by atoms with Gasteiger partial charge in [-0.1, -0.05) is 45.0 Å². The molecule has 17 heavy (non-hydrogen) atoms. The molecule has 0 saturated carbocycles. The van der Waals surface area contributed by atoms with Crippen LogP contribution in [0, 0.1) is 0 Å². The van der Waals surface area contributed by atoms with E-state index in [0.29, 0.717) is 0 Å². The van der Waals surface area contributed by atoms with Crippen molar-refractivity contribution in [2.24, 2.45) is 0 Å². The van der Waals surface area contributed by atoms with Gasteiger partial charge in [0, 0.05) is 0 Å². The Kier molecular flexibility index (Phi) is 2.52. The van der Waals surface area contributed by atoms with Crippen molar-refractivity contribution in [2.45, 2.75) is 64.1 Å². The molecule has 0 spiro atoms. The minimum atomic E-state index is -1.16. The van der Waals surface area contributed by atoms with Crippen LogP contribution in [0.1, 0.15) is 50.8 Å². The highest BCUT2D eigenvalue weighted by Gasteiger charge is 2.50. The Hall–Kier alpha value is -0.563. The molecule has 92 valence electrons. The zero-order valence-corrected chi connectivity index (χ0v) is 12.6. The Morgan fingerprint density at radius 1 is 0.941 bits per heavy atom. The zero-order valence-electron chi connectivity index (χ0n) is 11.6. The van der Waals surface area contributed by atoms with E-state index >= 15 is 0 Å². The second-order valence-electron chi connectivity index (χ2n) is 6.61. The molecule has 1 aromatic carbocycles. The summed E-state index contributed by atoms with van der Waals surface area (Å²) in [4.78, 5) is 0. The molecule has 0 unspecified atom stereocenters. The Labute approximate surface area is 106 Å². The fraction of sp³-hybridized carbons (Fsp3) is 0.625. The van der Waals surface area contributed by atoms with Crippen molar-refractivity contribution in [3.63, 3.8) is 0 Å². The van der Waals surface area contributed by atoms with E-state index in [1.165, 1.54) is 25.3 Å². The van der Waals surface area contributed by atoms with Gasteiger partial charge in [0.25, 0.3) is 0 Å². The molecule has 2 aliphatic rings. The first kappa shape index (κ1) is 11.5. The van der Waals surface area contributed by atoms with Crippen molar-refractivity contribution >= 4 is 13.3 Å². The van der Waals surface area contributed by atoms with Crippen LogP contribution in [0.25, 0.3) is 0 Å². The number of benzene rings is 1. The molecule has 3 rings (SSSR count). The molecule has 1 heterocycles. The lowest BCUT2D eigenvalue weighted by Gasteiger charge is -2.50. The first-order valence-electron chi connectivity index (χ1n) is 7.21. The lowest BCUT2D eigenvalue weighted by Crippen LogP contribution is -2.65. The fourth-order valence-electron chi connectivity index (χ4n) is 4.36. The molecule has 0 nitrogen and oxygen atoms in total. The van der Waals surface area contributed by atoms with Crippen molar-refractivity contribution in [1.82, 2.24) is 0 Å². The highest BCUT2D eigenvalue weighted by Crippen LogP contribution is 2.44. The molecule has 1 aromatic rings. The van der Waals surface area contributed by atoms with Gasteiger partial charge in [0.2, 0.25) is 0 Å². The lowest BCUT2D eigenvalue weighted by atomic mass is 10.0. The van der Waals surface area contributed by atoms with Crippen LogP contribution in [0.4, 0.5) is 0 Å². The van der Waals surface area contributed by atoms with Crippen LogP contribution in [0.2, 0.25) is 11.1 Å². The van der Waals surface area contributed by atoms with E-state index in [0.717, 1.165) is 11.1 Å². The summed E-state index contributed by atoms with van der Waals surface area (Å²) in [6.07, 6.45) is 4.09. The van der Waals surface area contributed by atoms with Gasteiger partial charge in [0.15, 0.2) is 0 Å². The maximum absolute atomic E-state index is 2.51. The van der Waals surface area contributed by atoms with Crippen LogP contribution in [0.15, 0.2) is 12.1 Å². The number of hydrogen-bond donors (Lipinski definition) is 0. The molecule has 0 aromatic heterocycles. The number of aryl methyl sites for hydroxylation is 1. The monoisotopic (exact) mass is 244 g/mol. The van der Waals surface area contributed by atoms with Gasteiger partial charge in [-0.05, 0) is 53.1 Å². The smallest absolute Gasteiger partial charge is 0.0648 e. The van der Waals surface area contributed by atoms with Gasteiger partial charge in [-0.3, -0.25) is 0 Å². The molecule has 0 atom stereocenters. The van der Waals surface area contributed by atoms with Crippen LogP contribution in [-0.2, 0) is 18.9 Å². The van der Waals surface area contributed by atoms with E-state index < -0.39 is 8.07 Å². The van der Waals surface area contributed by atoms with Crippen molar-refractivity contribution in [1.29, 1.82) is 0 Å². The summed E-state index contributed by atoms with van der Waals surface area (Å²) in [7, 11) is -1.16. The average Bonchev–Trinajstić information content (AvgIpc) is 2.64. The first-order chi connectivity index (χ1) is 8.07. The quantitative estimate of drug-likeness (QED) is 0.695. The van der Waals surface area contributed by atoms with Crippen LogP contribution in [0.3, 0.4) is 0 Å². The molecule has 1 aliphatic heterocycles. The van der Waals surface area contributed by atoms with Crippen molar-refractivity contribution in [3.05, 3.63) is 28.8 Å². The standard InChI is InChI=1S/C16H24Si/c1-11(2)17(12(3)4)10-15-14-7-5-6-13(14)8-9-16(15)17/h8-9,11-12H,5-7,10H2,1-4H3. The van der Waals surface area contributed by atoms with Gasteiger partial charge in [-0.25, -0.2) is 0 Å². The summed E-state index contributed by atoms with van der Waals surface area (Å²) in [6.45, 7) is 9.84. The zero-order chi connectivity index (χ0) is 12.2. The Morgan fingerprint density at radius 2 is 1.65 bits per heavy atom. The van der Waals surface area contributed by atoms with Crippen LogP contribution < -0.4 is 5.19 Å². The first-order valence-corrected chi connectivity index (χ1v) is 9.57. The van der Waals surface area contributed by atoms with Crippen LogP contribution in [0.5, 0.6) is 0 Å². The van der Waals surface area contributed by atoms with E-state index in [-0.39, 0.29) is 0 Å². The third-order valence-electron chi connectivity index (χ3n) is 5.43. The highest BCUT2D eigenvalue weighted by molar-refractivity contribution is 6.97. The van der Waals surface area contributed by atoms with Crippen molar-refractivity contribution < 1.29 is 0 Å². The lowest BCUT2D eigenvalue weighted by molar-refractivity contribution is 0.862. The van der Waals surface area contributed by atoms with Crippen molar-refractivity contribution in [2.75, 3.05) is 0 Å². The molecular formula is C16H24Si. The maximum Gasteiger partial charge on any atom is 0.0963 e. The van der Waals surface area contributed by atoms with E-state index in [2.05, 4.69) is 39.8 Å². The SMILES string of the molecule is CC(C)[Si]1(C(C)C)Cc2c1ccc1c2CCC1. The summed E-state index contributed by atoms with van der Waals surface area (Å²) in [5, 5.41) is 1.82. The Bertz CT molecular complexity index is 449. The molecule has 0 fully saturated rings. The van der Waals surface area contributed by atoms with Crippen LogP contribution >= 0.6 is 0 Å². The summed E-state index contributed by atoms with van der Waals surface area (Å²) < 4.78 is 0. The van der Waals surface area contributed by atoms with Crippen molar-refractivity contribution in [3.8, 4) is 0 Å². The molecule has 1 heteroatoms. The van der Waals surface area contributed by atoms with E-state index in [1.54, 1.807) is 16.7 Å².